The largest absolute Gasteiger partial charge is 0.327 e. The second kappa shape index (κ2) is 4.58. The zero-order chi connectivity index (χ0) is 12.5. The third kappa shape index (κ3) is 3.13. The molecule has 1 aromatic heterocycles. The Labute approximate surface area is 103 Å². The molecule has 1 aliphatic heterocycles. The summed E-state index contributed by atoms with van der Waals surface area (Å²) in [7, 11) is -1.28. The van der Waals surface area contributed by atoms with Gasteiger partial charge in [-0.1, -0.05) is 6.08 Å². The van der Waals surface area contributed by atoms with Gasteiger partial charge >= 0.3 is 0 Å². The molecule has 2 heterocycles. The van der Waals surface area contributed by atoms with Crippen molar-refractivity contribution in [2.45, 2.75) is 6.42 Å². The summed E-state index contributed by atoms with van der Waals surface area (Å²) in [5, 5.41) is 3.02. The summed E-state index contributed by atoms with van der Waals surface area (Å²) in [4.78, 5) is 16.2. The van der Waals surface area contributed by atoms with Crippen LogP contribution in [0.4, 0.5) is 0 Å². The topological polar surface area (TPSA) is 68.5 Å². The Morgan fingerprint density at radius 2 is 2.41 bits per heavy atom. The van der Waals surface area contributed by atoms with E-state index in [1.807, 2.05) is 18.6 Å². The van der Waals surface area contributed by atoms with Crippen molar-refractivity contribution in [1.29, 1.82) is 0 Å². The molecule has 1 unspecified atom stereocenters. The summed E-state index contributed by atoms with van der Waals surface area (Å²) in [5.41, 5.74) is 0. The van der Waals surface area contributed by atoms with Crippen LogP contribution < -0.4 is 4.80 Å². The molecular formula is C10H12N2O3S2. The first-order valence-electron chi connectivity index (χ1n) is 5.05. The van der Waals surface area contributed by atoms with E-state index in [4.69, 9.17) is 0 Å². The van der Waals surface area contributed by atoms with Gasteiger partial charge in [0, 0.05) is 36.4 Å². The zero-order valence-corrected chi connectivity index (χ0v) is 10.9. The fraction of sp³-hybridized carbons (Fsp3) is 0.400. The molecule has 0 N–H and O–H groups in total. The van der Waals surface area contributed by atoms with Gasteiger partial charge in [-0.2, -0.15) is 4.99 Å². The van der Waals surface area contributed by atoms with Crippen molar-refractivity contribution < 1.29 is 13.2 Å². The minimum atomic E-state index is -3.09. The number of carbonyl (C=O) groups excluding carboxylic acids is 1. The van der Waals surface area contributed by atoms with E-state index in [1.54, 1.807) is 10.6 Å². The maximum absolute atomic E-state index is 11.6. The number of aryl methyl sites for hydroxylation is 1. The van der Waals surface area contributed by atoms with Crippen LogP contribution in [0.15, 0.2) is 28.1 Å². The molecule has 1 aliphatic rings. The Kier molecular flexibility index (Phi) is 3.30. The van der Waals surface area contributed by atoms with Gasteiger partial charge in [0.2, 0.25) is 5.91 Å². The van der Waals surface area contributed by atoms with Gasteiger partial charge in [0.1, 0.15) is 0 Å². The molecule has 1 aromatic rings. The lowest BCUT2D eigenvalue weighted by Crippen LogP contribution is -2.15. The molecule has 0 aliphatic carbocycles. The van der Waals surface area contributed by atoms with Gasteiger partial charge in [0.25, 0.3) is 0 Å². The Morgan fingerprint density at radius 3 is 2.94 bits per heavy atom. The molecule has 0 bridgehead atoms. The fourth-order valence-corrected chi connectivity index (χ4v) is 3.72. The van der Waals surface area contributed by atoms with Gasteiger partial charge in [-0.3, -0.25) is 4.79 Å². The van der Waals surface area contributed by atoms with E-state index in [9.17, 15) is 13.2 Å². The molecule has 0 saturated heterocycles. The van der Waals surface area contributed by atoms with E-state index >= 15 is 0 Å². The van der Waals surface area contributed by atoms with Crippen LogP contribution in [-0.2, 0) is 21.7 Å². The van der Waals surface area contributed by atoms with Crippen molar-refractivity contribution >= 4 is 27.1 Å². The minimum Gasteiger partial charge on any atom is -0.327 e. The number of carbonyl (C=O) groups is 1. The van der Waals surface area contributed by atoms with Crippen LogP contribution in [0.3, 0.4) is 0 Å². The predicted octanol–water partition coefficient (Wildman–Crippen LogP) is 0.462. The number of rotatable bonds is 2. The number of amides is 1. The second-order valence-electron chi connectivity index (χ2n) is 3.92. The average Bonchev–Trinajstić information content (AvgIpc) is 2.74. The summed E-state index contributed by atoms with van der Waals surface area (Å²) >= 11 is 1.37. The van der Waals surface area contributed by atoms with E-state index < -0.39 is 9.84 Å². The highest BCUT2D eigenvalue weighted by Gasteiger charge is 2.23. The van der Waals surface area contributed by atoms with Gasteiger partial charge in [-0.05, 0) is 0 Å². The summed E-state index contributed by atoms with van der Waals surface area (Å²) in [6.45, 7) is 0. The normalized spacial score (nSPS) is 23.1. The van der Waals surface area contributed by atoms with E-state index in [1.165, 1.54) is 16.7 Å². The second-order valence-corrected chi connectivity index (χ2v) is 6.73. The summed E-state index contributed by atoms with van der Waals surface area (Å²) in [5.74, 6) is -0.499. The van der Waals surface area contributed by atoms with Crippen molar-refractivity contribution in [3.63, 3.8) is 0 Å². The molecule has 1 atom stereocenters. The van der Waals surface area contributed by atoms with Crippen molar-refractivity contribution in [2.75, 3.05) is 5.75 Å². The van der Waals surface area contributed by atoms with Crippen molar-refractivity contribution in [3.05, 3.63) is 27.9 Å². The molecule has 0 radical (unpaired) electrons. The van der Waals surface area contributed by atoms with E-state index in [0.717, 1.165) is 0 Å². The fourth-order valence-electron chi connectivity index (χ4n) is 1.58. The Bertz CT molecular complexity index is 622. The van der Waals surface area contributed by atoms with E-state index in [0.29, 0.717) is 4.80 Å². The smallest absolute Gasteiger partial charge is 0.248 e. The van der Waals surface area contributed by atoms with Crippen LogP contribution in [0, 0.1) is 5.92 Å². The third-order valence-electron chi connectivity index (χ3n) is 2.42. The van der Waals surface area contributed by atoms with Gasteiger partial charge in [-0.25, -0.2) is 8.42 Å². The molecule has 7 heteroatoms. The van der Waals surface area contributed by atoms with Crippen molar-refractivity contribution in [3.8, 4) is 0 Å². The molecule has 2 rings (SSSR count). The lowest BCUT2D eigenvalue weighted by atomic mass is 10.1. The molecule has 0 aromatic carbocycles. The number of aromatic nitrogens is 1. The summed E-state index contributed by atoms with van der Waals surface area (Å²) in [6, 6.07) is 0. The molecular weight excluding hydrogens is 260 g/mol. The molecule has 0 saturated carbocycles. The Morgan fingerprint density at radius 1 is 1.65 bits per heavy atom. The maximum Gasteiger partial charge on any atom is 0.248 e. The molecule has 1 amide bonds. The van der Waals surface area contributed by atoms with Crippen LogP contribution in [0.25, 0.3) is 0 Å². The first kappa shape index (κ1) is 12.3. The summed E-state index contributed by atoms with van der Waals surface area (Å²) < 4.78 is 24.1. The van der Waals surface area contributed by atoms with E-state index in [-0.39, 0.29) is 24.0 Å². The van der Waals surface area contributed by atoms with Crippen LogP contribution in [0.2, 0.25) is 0 Å². The highest BCUT2D eigenvalue weighted by Crippen LogP contribution is 2.18. The van der Waals surface area contributed by atoms with Crippen LogP contribution in [0.5, 0.6) is 0 Å². The van der Waals surface area contributed by atoms with Crippen molar-refractivity contribution in [2.24, 2.45) is 18.0 Å². The SMILES string of the molecule is Cn1ccsc1=NC(=O)CC1C=CS(=O)(=O)C1. The quantitative estimate of drug-likeness (QED) is 0.785. The Balaban J connectivity index is 2.05. The van der Waals surface area contributed by atoms with Crippen LogP contribution >= 0.6 is 11.3 Å². The van der Waals surface area contributed by atoms with E-state index in [2.05, 4.69) is 4.99 Å². The molecule has 17 heavy (non-hydrogen) atoms. The number of allylic oxidation sites excluding steroid dienone is 1. The number of hydrogen-bond donors (Lipinski definition) is 0. The van der Waals surface area contributed by atoms with Gasteiger partial charge in [0.05, 0.1) is 5.75 Å². The highest BCUT2D eigenvalue weighted by molar-refractivity contribution is 7.94. The maximum atomic E-state index is 11.6. The van der Waals surface area contributed by atoms with Gasteiger partial charge in [0.15, 0.2) is 14.6 Å². The zero-order valence-electron chi connectivity index (χ0n) is 9.24. The lowest BCUT2D eigenvalue weighted by Gasteiger charge is -2.01. The molecule has 92 valence electrons. The minimum absolute atomic E-state index is 0.0187. The average molecular weight is 272 g/mol. The van der Waals surface area contributed by atoms with Crippen molar-refractivity contribution in [1.82, 2.24) is 4.57 Å². The number of sulfone groups is 1. The predicted molar refractivity (Wildman–Crippen MR) is 64.9 cm³/mol. The molecule has 0 spiro atoms. The standard InChI is InChI=1S/C10H12N2O3S2/c1-12-3-4-16-10(12)11-9(13)6-8-2-5-17(14,15)7-8/h2-5,8H,6-7H2,1H3. The van der Waals surface area contributed by atoms with Gasteiger partial charge < -0.3 is 4.57 Å². The number of thiazole rings is 1. The van der Waals surface area contributed by atoms with Crippen LogP contribution in [-0.4, -0.2) is 24.6 Å². The third-order valence-corrected chi connectivity index (χ3v) is 4.73. The Hall–Kier alpha value is -1.21. The highest BCUT2D eigenvalue weighted by atomic mass is 32.2. The molecule has 0 fully saturated rings. The monoisotopic (exact) mass is 272 g/mol. The van der Waals surface area contributed by atoms with Gasteiger partial charge in [-0.15, -0.1) is 11.3 Å². The first-order valence-corrected chi connectivity index (χ1v) is 7.64. The first-order chi connectivity index (χ1) is 7.96. The summed E-state index contributed by atoms with van der Waals surface area (Å²) in [6.07, 6.45) is 3.53. The lowest BCUT2D eigenvalue weighted by molar-refractivity contribution is -0.118. The molecule has 5 nitrogen and oxygen atoms in total. The number of hydrogen-bond acceptors (Lipinski definition) is 4. The number of nitrogens with zero attached hydrogens (tertiary/aromatic N) is 2. The van der Waals surface area contributed by atoms with Crippen LogP contribution in [0.1, 0.15) is 6.42 Å².